The first kappa shape index (κ1) is 20.0. The number of aliphatic hydroxyl groups excluding tert-OH is 1. The Bertz CT molecular complexity index is 780. The summed E-state index contributed by atoms with van der Waals surface area (Å²) in [5.41, 5.74) is 8.58. The van der Waals surface area contributed by atoms with Crippen molar-refractivity contribution in [1.82, 2.24) is 4.90 Å². The molecule has 2 aromatic rings. The molecule has 6 nitrogen and oxygen atoms in total. The Labute approximate surface area is 158 Å². The van der Waals surface area contributed by atoms with E-state index in [-0.39, 0.29) is 24.9 Å². The van der Waals surface area contributed by atoms with E-state index in [2.05, 4.69) is 0 Å². The van der Waals surface area contributed by atoms with Crippen LogP contribution in [-0.4, -0.2) is 36.7 Å². The minimum Gasteiger partial charge on any atom is -0.496 e. The molecule has 0 fully saturated rings. The Hall–Kier alpha value is -2.28. The Balaban J connectivity index is 0.00000243. The van der Waals surface area contributed by atoms with E-state index in [1.807, 2.05) is 12.1 Å². The van der Waals surface area contributed by atoms with Crippen LogP contribution in [-0.2, 0) is 13.1 Å². The zero-order valence-corrected chi connectivity index (χ0v) is 15.6. The number of benzene rings is 2. The molecule has 0 aromatic heterocycles. The van der Waals surface area contributed by atoms with Crippen LogP contribution in [0.3, 0.4) is 0 Å². The average Bonchev–Trinajstić information content (AvgIpc) is 2.66. The van der Waals surface area contributed by atoms with E-state index >= 15 is 0 Å². The summed E-state index contributed by atoms with van der Waals surface area (Å²) in [6, 6.07) is 10.7. The first-order valence-corrected chi connectivity index (χ1v) is 8.09. The Kier molecular flexibility index (Phi) is 6.47. The van der Waals surface area contributed by atoms with Gasteiger partial charge < -0.3 is 25.2 Å². The molecule has 7 heteroatoms. The summed E-state index contributed by atoms with van der Waals surface area (Å²) in [5, 5.41) is 10.6. The fourth-order valence-corrected chi connectivity index (χ4v) is 3.20. The number of hydrogen-bond donors (Lipinski definition) is 2. The minimum atomic E-state index is -0.832. The summed E-state index contributed by atoms with van der Waals surface area (Å²) in [4.78, 5) is 14.4. The highest BCUT2D eigenvalue weighted by atomic mass is 35.5. The number of nitrogens with two attached hydrogens (primary N) is 1. The van der Waals surface area contributed by atoms with Gasteiger partial charge >= 0.3 is 0 Å². The molecule has 1 unspecified atom stereocenters. The van der Waals surface area contributed by atoms with Gasteiger partial charge in [0, 0.05) is 23.2 Å². The molecule has 0 radical (unpaired) electrons. The number of amides is 1. The molecule has 140 valence electrons. The molecule has 0 spiro atoms. The van der Waals surface area contributed by atoms with Gasteiger partial charge in [-0.1, -0.05) is 12.1 Å². The molecule has 0 saturated heterocycles. The summed E-state index contributed by atoms with van der Waals surface area (Å²) in [5.74, 6) is 1.09. The van der Waals surface area contributed by atoms with Gasteiger partial charge in [0.1, 0.15) is 17.6 Å². The van der Waals surface area contributed by atoms with Crippen LogP contribution < -0.4 is 15.2 Å². The van der Waals surface area contributed by atoms with Crippen molar-refractivity contribution >= 4 is 18.3 Å². The van der Waals surface area contributed by atoms with Gasteiger partial charge in [0.25, 0.3) is 5.91 Å². The topological polar surface area (TPSA) is 85.0 Å². The summed E-state index contributed by atoms with van der Waals surface area (Å²) >= 11 is 0. The zero-order chi connectivity index (χ0) is 18.0. The fraction of sp³-hybridized carbons (Fsp3) is 0.316. The van der Waals surface area contributed by atoms with Crippen molar-refractivity contribution in [3.8, 4) is 11.5 Å². The molecule has 3 N–H and O–H groups in total. The minimum absolute atomic E-state index is 0. The first-order chi connectivity index (χ1) is 12.1. The lowest BCUT2D eigenvalue weighted by atomic mass is 9.94. The largest absolute Gasteiger partial charge is 0.496 e. The van der Waals surface area contributed by atoms with Crippen LogP contribution in [0, 0.1) is 0 Å². The van der Waals surface area contributed by atoms with Crippen molar-refractivity contribution in [2.24, 2.45) is 5.73 Å². The fourth-order valence-electron chi connectivity index (χ4n) is 3.20. The van der Waals surface area contributed by atoms with Gasteiger partial charge in [-0.2, -0.15) is 0 Å². The summed E-state index contributed by atoms with van der Waals surface area (Å²) < 4.78 is 10.8. The number of β-amino-alcohol motifs (C(OH)–C–C–N with tert-alkyl or cyclic N) is 1. The second-order valence-electron chi connectivity index (χ2n) is 5.96. The molecular weight excluding hydrogens is 356 g/mol. The quantitative estimate of drug-likeness (QED) is 0.852. The monoisotopic (exact) mass is 378 g/mol. The van der Waals surface area contributed by atoms with Crippen molar-refractivity contribution in [2.75, 3.05) is 20.8 Å². The number of aliphatic hydroxyl groups is 1. The van der Waals surface area contributed by atoms with Crippen LogP contribution in [0.4, 0.5) is 0 Å². The number of fused-ring (bicyclic) bond motifs is 1. The lowest BCUT2D eigenvalue weighted by Gasteiger charge is -2.34. The highest BCUT2D eigenvalue weighted by Crippen LogP contribution is 2.39. The van der Waals surface area contributed by atoms with Crippen molar-refractivity contribution < 1.29 is 19.4 Å². The van der Waals surface area contributed by atoms with Crippen molar-refractivity contribution in [2.45, 2.75) is 19.2 Å². The molecule has 3 rings (SSSR count). The summed E-state index contributed by atoms with van der Waals surface area (Å²) in [6.07, 6.45) is -0.832. The van der Waals surface area contributed by atoms with Crippen LogP contribution in [0.1, 0.15) is 33.2 Å². The number of nitrogens with zero attached hydrogens (tertiary/aromatic N) is 1. The second kappa shape index (κ2) is 8.40. The number of carbonyl (C=O) groups is 1. The van der Waals surface area contributed by atoms with E-state index in [9.17, 15) is 9.90 Å². The zero-order valence-electron chi connectivity index (χ0n) is 14.8. The van der Waals surface area contributed by atoms with E-state index in [1.54, 1.807) is 43.4 Å². The van der Waals surface area contributed by atoms with Gasteiger partial charge in [-0.25, -0.2) is 0 Å². The number of carbonyl (C=O) groups excluding carboxylic acids is 1. The molecule has 2 aromatic carbocycles. The van der Waals surface area contributed by atoms with Crippen LogP contribution in [0.25, 0.3) is 0 Å². The third-order valence-electron chi connectivity index (χ3n) is 4.51. The van der Waals surface area contributed by atoms with Gasteiger partial charge in [-0.05, 0) is 29.8 Å². The number of ether oxygens (including phenoxy) is 2. The lowest BCUT2D eigenvalue weighted by Crippen LogP contribution is -2.38. The first-order valence-electron chi connectivity index (χ1n) is 8.09. The number of hydrogen-bond acceptors (Lipinski definition) is 5. The van der Waals surface area contributed by atoms with Crippen LogP contribution in [0.5, 0.6) is 11.5 Å². The lowest BCUT2D eigenvalue weighted by molar-refractivity contribution is 0.0538. The summed E-state index contributed by atoms with van der Waals surface area (Å²) in [7, 11) is 3.13. The maximum Gasteiger partial charge on any atom is 0.254 e. The highest BCUT2D eigenvalue weighted by Gasteiger charge is 2.32. The van der Waals surface area contributed by atoms with Gasteiger partial charge in [0.15, 0.2) is 0 Å². The maximum absolute atomic E-state index is 12.8. The van der Waals surface area contributed by atoms with E-state index in [0.29, 0.717) is 35.7 Å². The van der Waals surface area contributed by atoms with Gasteiger partial charge in [0.2, 0.25) is 0 Å². The molecule has 1 atom stereocenters. The molecule has 1 aliphatic heterocycles. The smallest absolute Gasteiger partial charge is 0.254 e. The molecule has 1 heterocycles. The predicted octanol–water partition coefficient (Wildman–Crippen LogP) is 2.27. The number of rotatable bonds is 4. The number of halogens is 1. The molecule has 26 heavy (non-hydrogen) atoms. The van der Waals surface area contributed by atoms with Crippen molar-refractivity contribution in [3.05, 3.63) is 58.7 Å². The predicted molar refractivity (Wildman–Crippen MR) is 101 cm³/mol. The normalized spacial score (nSPS) is 15.7. The van der Waals surface area contributed by atoms with E-state index in [1.165, 1.54) is 0 Å². The molecule has 0 bridgehead atoms. The third kappa shape index (κ3) is 3.62. The molecule has 1 aliphatic rings. The Morgan fingerprint density at radius 3 is 2.35 bits per heavy atom. The van der Waals surface area contributed by atoms with Gasteiger partial charge in [-0.3, -0.25) is 4.79 Å². The molecule has 0 saturated carbocycles. The van der Waals surface area contributed by atoms with E-state index in [4.69, 9.17) is 15.2 Å². The SMILES string of the molecule is COc1ccc(OC)c2c1CN(C(=O)c1ccc(CN)cc1)CC2O.Cl. The van der Waals surface area contributed by atoms with E-state index in [0.717, 1.165) is 11.1 Å². The average molecular weight is 379 g/mol. The van der Waals surface area contributed by atoms with Crippen LogP contribution in [0.2, 0.25) is 0 Å². The number of methoxy groups -OCH3 is 2. The van der Waals surface area contributed by atoms with Crippen LogP contribution in [0.15, 0.2) is 36.4 Å². The summed E-state index contributed by atoms with van der Waals surface area (Å²) in [6.45, 7) is 0.986. The van der Waals surface area contributed by atoms with Crippen molar-refractivity contribution in [1.29, 1.82) is 0 Å². The maximum atomic E-state index is 12.8. The molecule has 1 amide bonds. The molecule has 0 aliphatic carbocycles. The van der Waals surface area contributed by atoms with Crippen LogP contribution >= 0.6 is 12.4 Å². The highest BCUT2D eigenvalue weighted by molar-refractivity contribution is 5.94. The molecular formula is C19H23ClN2O4. The van der Waals surface area contributed by atoms with Gasteiger partial charge in [0.05, 0.1) is 27.3 Å². The second-order valence-corrected chi connectivity index (χ2v) is 5.96. The standard InChI is InChI=1S/C19H22N2O4.ClH/c1-24-16-7-8-17(25-2)18-14(16)10-21(11-15(18)22)19(23)13-5-3-12(9-20)4-6-13;/h3-8,15,22H,9-11,20H2,1-2H3;1H. The van der Waals surface area contributed by atoms with E-state index < -0.39 is 6.10 Å². The Morgan fingerprint density at radius 1 is 1.15 bits per heavy atom. The Morgan fingerprint density at radius 2 is 1.77 bits per heavy atom. The van der Waals surface area contributed by atoms with Gasteiger partial charge in [-0.15, -0.1) is 12.4 Å². The third-order valence-corrected chi connectivity index (χ3v) is 4.51. The van der Waals surface area contributed by atoms with Crippen molar-refractivity contribution in [3.63, 3.8) is 0 Å².